The molecule has 194 valence electrons. The molecule has 2 saturated heterocycles. The van der Waals surface area contributed by atoms with Crippen molar-refractivity contribution in [3.8, 4) is 0 Å². The Labute approximate surface area is 220 Å². The Morgan fingerprint density at radius 2 is 1.92 bits per heavy atom. The number of carbonyl (C=O) groups is 3. The highest BCUT2D eigenvalue weighted by molar-refractivity contribution is 8.01. The highest BCUT2D eigenvalue weighted by atomic mass is 32.2. The number of anilines is 2. The first-order valence-electron chi connectivity index (χ1n) is 11.8. The van der Waals surface area contributed by atoms with Crippen LogP contribution in [0.25, 0.3) is 0 Å². The third-order valence-corrected chi connectivity index (χ3v) is 8.35. The molecule has 0 aliphatic carbocycles. The van der Waals surface area contributed by atoms with Crippen molar-refractivity contribution in [2.45, 2.75) is 17.3 Å². The number of halogens is 1. The summed E-state index contributed by atoms with van der Waals surface area (Å²) >= 11 is 2.74. The molecule has 1 unspecified atom stereocenters. The van der Waals surface area contributed by atoms with Crippen molar-refractivity contribution in [2.24, 2.45) is 5.92 Å². The summed E-state index contributed by atoms with van der Waals surface area (Å²) in [7, 11) is 0. The first kappa shape index (κ1) is 25.2. The van der Waals surface area contributed by atoms with Crippen LogP contribution in [0, 0.1) is 11.7 Å². The molecule has 0 bridgehead atoms. The number of piperazine rings is 1. The largest absolute Gasteiger partial charge is 0.467 e. The van der Waals surface area contributed by atoms with Gasteiger partial charge in [-0.2, -0.15) is 0 Å². The Kier molecular flexibility index (Phi) is 7.70. The second kappa shape index (κ2) is 11.3. The molecule has 2 aliphatic heterocycles. The number of amides is 3. The number of nitrogens with zero attached hydrogens (tertiary/aromatic N) is 5. The van der Waals surface area contributed by atoms with E-state index in [0.717, 1.165) is 5.13 Å². The minimum absolute atomic E-state index is 0.0355. The normalized spacial score (nSPS) is 17.9. The van der Waals surface area contributed by atoms with Gasteiger partial charge >= 0.3 is 0 Å². The van der Waals surface area contributed by atoms with Crippen LogP contribution in [0.3, 0.4) is 0 Å². The molecular formula is C24H25FN6O4S2. The van der Waals surface area contributed by atoms with Crippen LogP contribution in [0.15, 0.2) is 51.4 Å². The lowest BCUT2D eigenvalue weighted by Crippen LogP contribution is -2.50. The van der Waals surface area contributed by atoms with E-state index in [9.17, 15) is 18.8 Å². The number of nitrogens with one attached hydrogen (secondary N) is 1. The van der Waals surface area contributed by atoms with Gasteiger partial charge in [-0.25, -0.2) is 4.39 Å². The molecule has 37 heavy (non-hydrogen) atoms. The van der Waals surface area contributed by atoms with Crippen LogP contribution >= 0.6 is 23.1 Å². The van der Waals surface area contributed by atoms with Gasteiger partial charge in [0.2, 0.25) is 22.9 Å². The van der Waals surface area contributed by atoms with Crippen LogP contribution < -0.4 is 15.1 Å². The minimum Gasteiger partial charge on any atom is -0.467 e. The molecule has 3 aromatic rings. The monoisotopic (exact) mass is 544 g/mol. The number of rotatable bonds is 8. The minimum atomic E-state index is -0.410. The Balaban J connectivity index is 1.07. The summed E-state index contributed by atoms with van der Waals surface area (Å²) in [5.41, 5.74) is 0.603. The van der Waals surface area contributed by atoms with Gasteiger partial charge < -0.3 is 24.4 Å². The van der Waals surface area contributed by atoms with Crippen molar-refractivity contribution in [1.82, 2.24) is 20.4 Å². The SMILES string of the molecule is O=C(CSc1nnc(N2CCN(C(=O)C3CC(=O)N(c4ccc(F)cc4)C3)CC2)s1)NCc1ccco1. The number of thioether (sulfide) groups is 1. The molecular weight excluding hydrogens is 519 g/mol. The summed E-state index contributed by atoms with van der Waals surface area (Å²) in [5, 5.41) is 12.0. The zero-order chi connectivity index (χ0) is 25.8. The number of furan rings is 1. The molecule has 4 heterocycles. The molecule has 2 aromatic heterocycles. The van der Waals surface area contributed by atoms with Gasteiger partial charge in [-0.3, -0.25) is 14.4 Å². The fourth-order valence-electron chi connectivity index (χ4n) is 4.29. The molecule has 1 aromatic carbocycles. The maximum absolute atomic E-state index is 13.2. The van der Waals surface area contributed by atoms with E-state index >= 15 is 0 Å². The third kappa shape index (κ3) is 6.10. The Hall–Kier alpha value is -3.45. The van der Waals surface area contributed by atoms with Gasteiger partial charge in [-0.1, -0.05) is 23.1 Å². The summed E-state index contributed by atoms with van der Waals surface area (Å²) in [6, 6.07) is 9.31. The zero-order valence-corrected chi connectivity index (χ0v) is 21.5. The van der Waals surface area contributed by atoms with Crippen molar-refractivity contribution < 1.29 is 23.2 Å². The van der Waals surface area contributed by atoms with E-state index in [2.05, 4.69) is 20.4 Å². The second-order valence-electron chi connectivity index (χ2n) is 8.69. The lowest BCUT2D eigenvalue weighted by molar-refractivity contribution is -0.136. The summed E-state index contributed by atoms with van der Waals surface area (Å²) in [6.45, 7) is 2.91. The van der Waals surface area contributed by atoms with Crippen LogP contribution in [0.4, 0.5) is 15.2 Å². The van der Waals surface area contributed by atoms with E-state index in [0.29, 0.717) is 55.1 Å². The summed E-state index contributed by atoms with van der Waals surface area (Å²) < 4.78 is 19.1. The van der Waals surface area contributed by atoms with E-state index < -0.39 is 5.92 Å². The van der Waals surface area contributed by atoms with Crippen molar-refractivity contribution in [3.63, 3.8) is 0 Å². The fourth-order valence-corrected chi connectivity index (χ4v) is 6.01. The van der Waals surface area contributed by atoms with Crippen LogP contribution in [-0.2, 0) is 20.9 Å². The molecule has 1 N–H and O–H groups in total. The molecule has 3 amide bonds. The van der Waals surface area contributed by atoms with Gasteiger partial charge in [0.15, 0.2) is 4.34 Å². The summed E-state index contributed by atoms with van der Waals surface area (Å²) in [5.74, 6) is -0.134. The van der Waals surface area contributed by atoms with Crippen LogP contribution in [-0.4, -0.2) is 71.3 Å². The van der Waals surface area contributed by atoms with E-state index in [4.69, 9.17) is 4.42 Å². The van der Waals surface area contributed by atoms with Gasteiger partial charge in [0.1, 0.15) is 11.6 Å². The number of carbonyl (C=O) groups excluding carboxylic acids is 3. The second-order valence-corrected chi connectivity index (χ2v) is 10.9. The predicted octanol–water partition coefficient (Wildman–Crippen LogP) is 2.38. The Morgan fingerprint density at radius 1 is 1.14 bits per heavy atom. The molecule has 2 aliphatic rings. The summed E-state index contributed by atoms with van der Waals surface area (Å²) in [4.78, 5) is 43.1. The van der Waals surface area contributed by atoms with Gasteiger partial charge in [0, 0.05) is 44.8 Å². The zero-order valence-electron chi connectivity index (χ0n) is 19.8. The van der Waals surface area contributed by atoms with Crippen LogP contribution in [0.1, 0.15) is 12.2 Å². The lowest BCUT2D eigenvalue weighted by atomic mass is 10.1. The highest BCUT2D eigenvalue weighted by Crippen LogP contribution is 2.30. The third-order valence-electron chi connectivity index (χ3n) is 6.24. The average Bonchev–Trinajstić information content (AvgIpc) is 3.68. The van der Waals surface area contributed by atoms with Gasteiger partial charge in [0.25, 0.3) is 0 Å². The maximum Gasteiger partial charge on any atom is 0.230 e. The first-order valence-corrected chi connectivity index (χ1v) is 13.6. The molecule has 2 fully saturated rings. The molecule has 0 spiro atoms. The van der Waals surface area contributed by atoms with Crippen molar-refractivity contribution >= 4 is 51.6 Å². The van der Waals surface area contributed by atoms with E-state index in [1.54, 1.807) is 40.3 Å². The molecule has 1 atom stereocenters. The topological polar surface area (TPSA) is 112 Å². The van der Waals surface area contributed by atoms with Crippen LogP contribution in [0.2, 0.25) is 0 Å². The quantitative estimate of drug-likeness (QED) is 0.431. The number of hydrogen-bond acceptors (Lipinski definition) is 9. The van der Waals surface area contributed by atoms with Crippen LogP contribution in [0.5, 0.6) is 0 Å². The molecule has 5 rings (SSSR count). The van der Waals surface area contributed by atoms with Gasteiger partial charge in [-0.05, 0) is 36.4 Å². The van der Waals surface area contributed by atoms with Crippen molar-refractivity contribution in [1.29, 1.82) is 0 Å². The fraction of sp³-hybridized carbons (Fsp3) is 0.375. The first-order chi connectivity index (χ1) is 18.0. The molecule has 10 nitrogen and oxygen atoms in total. The number of benzene rings is 1. The van der Waals surface area contributed by atoms with Crippen molar-refractivity contribution in [3.05, 3.63) is 54.2 Å². The molecule has 13 heteroatoms. The Bertz CT molecular complexity index is 1240. The number of aromatic nitrogens is 2. The molecule has 0 radical (unpaired) electrons. The smallest absolute Gasteiger partial charge is 0.230 e. The molecule has 0 saturated carbocycles. The van der Waals surface area contributed by atoms with Gasteiger partial charge in [0.05, 0.1) is 24.5 Å². The average molecular weight is 545 g/mol. The number of hydrogen-bond donors (Lipinski definition) is 1. The Morgan fingerprint density at radius 3 is 2.65 bits per heavy atom. The van der Waals surface area contributed by atoms with E-state index in [1.165, 1.54) is 35.2 Å². The van der Waals surface area contributed by atoms with E-state index in [1.807, 2.05) is 0 Å². The van der Waals surface area contributed by atoms with E-state index in [-0.39, 0.29) is 35.7 Å². The predicted molar refractivity (Wildman–Crippen MR) is 137 cm³/mol. The van der Waals surface area contributed by atoms with Gasteiger partial charge in [-0.15, -0.1) is 10.2 Å². The maximum atomic E-state index is 13.2. The summed E-state index contributed by atoms with van der Waals surface area (Å²) in [6.07, 6.45) is 1.72. The standard InChI is InChI=1S/C24H25FN6O4S2/c25-17-3-5-18(6-4-17)31-14-16(12-21(31)33)22(34)29-7-9-30(10-8-29)23-27-28-24(37-23)36-15-20(32)26-13-19-2-1-11-35-19/h1-6,11,16H,7-10,12-15H2,(H,26,32). The van der Waals surface area contributed by atoms with Crippen molar-refractivity contribution in [2.75, 3.05) is 48.3 Å². The highest BCUT2D eigenvalue weighted by Gasteiger charge is 2.38. The lowest BCUT2D eigenvalue weighted by Gasteiger charge is -2.35.